The van der Waals surface area contributed by atoms with Crippen LogP contribution in [0.5, 0.6) is 5.75 Å². The number of halogens is 1. The Morgan fingerprint density at radius 3 is 2.42 bits per heavy atom. The summed E-state index contributed by atoms with van der Waals surface area (Å²) in [7, 11) is 0. The highest BCUT2D eigenvalue weighted by molar-refractivity contribution is 5.85. The molecule has 0 unspecified atom stereocenters. The van der Waals surface area contributed by atoms with Crippen molar-refractivity contribution < 1.29 is 9.53 Å². The average Bonchev–Trinajstić information content (AvgIpc) is 2.03. The molecule has 0 bridgehead atoms. The van der Waals surface area contributed by atoms with E-state index in [0.717, 1.165) is 0 Å². The molecule has 1 aromatic carbocycles. The van der Waals surface area contributed by atoms with Gasteiger partial charge in [-0.05, 0) is 12.1 Å². The summed E-state index contributed by atoms with van der Waals surface area (Å²) in [5.41, 5.74) is 4.88. The molecule has 1 amide bonds. The average molecular weight is 188 g/mol. The summed E-state index contributed by atoms with van der Waals surface area (Å²) in [6.07, 6.45) is 0. The van der Waals surface area contributed by atoms with Crippen LogP contribution in [0.3, 0.4) is 0 Å². The van der Waals surface area contributed by atoms with Gasteiger partial charge < -0.3 is 10.5 Å². The Morgan fingerprint density at radius 2 is 1.92 bits per heavy atom. The van der Waals surface area contributed by atoms with E-state index < -0.39 is 5.91 Å². The van der Waals surface area contributed by atoms with Gasteiger partial charge in [0.2, 0.25) is 0 Å². The predicted molar refractivity (Wildman–Crippen MR) is 48.4 cm³/mol. The summed E-state index contributed by atoms with van der Waals surface area (Å²) < 4.78 is 4.99. The van der Waals surface area contributed by atoms with Gasteiger partial charge in [0.1, 0.15) is 5.75 Å². The van der Waals surface area contributed by atoms with E-state index in [-0.39, 0.29) is 19.0 Å². The minimum Gasteiger partial charge on any atom is -0.484 e. The fourth-order valence-electron chi connectivity index (χ4n) is 0.671. The van der Waals surface area contributed by atoms with Crippen LogP contribution in [0.1, 0.15) is 0 Å². The number of primary amides is 1. The van der Waals surface area contributed by atoms with E-state index >= 15 is 0 Å². The Hall–Kier alpha value is -1.22. The first kappa shape index (κ1) is 10.8. The number of nitrogens with two attached hydrogens (primary N) is 1. The number of hydrogen-bond donors (Lipinski definition) is 1. The SMILES string of the molecule is Cl.NC(=O)COc1ccccc1. The van der Waals surface area contributed by atoms with Crippen LogP contribution >= 0.6 is 12.4 Å². The maximum atomic E-state index is 10.3. The molecule has 0 aromatic heterocycles. The number of benzene rings is 1. The predicted octanol–water partition coefficient (Wildman–Crippen LogP) is 0.973. The molecule has 0 atom stereocenters. The second-order valence-electron chi connectivity index (χ2n) is 2.07. The molecule has 1 rings (SSSR count). The Labute approximate surface area is 76.9 Å². The zero-order valence-electron chi connectivity index (χ0n) is 6.40. The van der Waals surface area contributed by atoms with Crippen LogP contribution in [0.25, 0.3) is 0 Å². The van der Waals surface area contributed by atoms with Crippen LogP contribution in [0, 0.1) is 0 Å². The first-order valence-electron chi connectivity index (χ1n) is 3.25. The van der Waals surface area contributed by atoms with E-state index in [1.807, 2.05) is 18.2 Å². The van der Waals surface area contributed by atoms with Crippen LogP contribution in [0.2, 0.25) is 0 Å². The van der Waals surface area contributed by atoms with E-state index in [1.54, 1.807) is 12.1 Å². The largest absolute Gasteiger partial charge is 0.484 e. The molecule has 0 fully saturated rings. The molecule has 0 saturated heterocycles. The van der Waals surface area contributed by atoms with E-state index in [9.17, 15) is 4.79 Å². The summed E-state index contributed by atoms with van der Waals surface area (Å²) >= 11 is 0. The highest BCUT2D eigenvalue weighted by atomic mass is 35.5. The summed E-state index contributed by atoms with van der Waals surface area (Å²) in [4.78, 5) is 10.3. The number of carbonyl (C=O) groups is 1. The molecular formula is C8H10ClNO2. The lowest BCUT2D eigenvalue weighted by molar-refractivity contribution is -0.119. The smallest absolute Gasteiger partial charge is 0.255 e. The van der Waals surface area contributed by atoms with Crippen molar-refractivity contribution in [2.45, 2.75) is 0 Å². The highest BCUT2D eigenvalue weighted by Crippen LogP contribution is 2.07. The molecule has 0 radical (unpaired) electrons. The zero-order chi connectivity index (χ0) is 8.10. The Balaban J connectivity index is 0.00000121. The summed E-state index contributed by atoms with van der Waals surface area (Å²) in [6, 6.07) is 9.07. The van der Waals surface area contributed by atoms with Gasteiger partial charge in [0.15, 0.2) is 6.61 Å². The third-order valence-electron chi connectivity index (χ3n) is 1.12. The number of ether oxygens (including phenoxy) is 1. The van der Waals surface area contributed by atoms with Crippen molar-refractivity contribution in [3.05, 3.63) is 30.3 Å². The van der Waals surface area contributed by atoms with Gasteiger partial charge in [-0.2, -0.15) is 0 Å². The molecule has 0 saturated carbocycles. The molecule has 0 spiro atoms. The van der Waals surface area contributed by atoms with Crippen LogP contribution in [-0.4, -0.2) is 12.5 Å². The van der Waals surface area contributed by atoms with Gasteiger partial charge in [-0.3, -0.25) is 4.79 Å². The Morgan fingerprint density at radius 1 is 1.33 bits per heavy atom. The number of carbonyl (C=O) groups excluding carboxylic acids is 1. The van der Waals surface area contributed by atoms with E-state index in [2.05, 4.69) is 0 Å². The van der Waals surface area contributed by atoms with Gasteiger partial charge in [-0.1, -0.05) is 18.2 Å². The number of rotatable bonds is 3. The Bertz CT molecular complexity index is 238. The molecular weight excluding hydrogens is 178 g/mol. The fourth-order valence-corrected chi connectivity index (χ4v) is 0.671. The van der Waals surface area contributed by atoms with E-state index in [1.165, 1.54) is 0 Å². The molecule has 4 heteroatoms. The zero-order valence-corrected chi connectivity index (χ0v) is 7.21. The molecule has 0 aliphatic carbocycles. The van der Waals surface area contributed by atoms with Crippen LogP contribution in [0.4, 0.5) is 0 Å². The normalized spacial score (nSPS) is 8.33. The summed E-state index contributed by atoms with van der Waals surface area (Å²) in [5, 5.41) is 0. The molecule has 12 heavy (non-hydrogen) atoms. The lowest BCUT2D eigenvalue weighted by Crippen LogP contribution is -2.19. The Kier molecular flexibility index (Phi) is 4.88. The lowest BCUT2D eigenvalue weighted by Gasteiger charge is -2.00. The van der Waals surface area contributed by atoms with Crippen molar-refractivity contribution in [2.24, 2.45) is 5.73 Å². The van der Waals surface area contributed by atoms with Crippen molar-refractivity contribution in [1.82, 2.24) is 0 Å². The lowest BCUT2D eigenvalue weighted by atomic mass is 10.3. The number of para-hydroxylation sites is 1. The van der Waals surface area contributed by atoms with Gasteiger partial charge in [0.05, 0.1) is 0 Å². The van der Waals surface area contributed by atoms with E-state index in [4.69, 9.17) is 10.5 Å². The molecule has 0 aliphatic heterocycles. The van der Waals surface area contributed by atoms with E-state index in [0.29, 0.717) is 5.75 Å². The van der Waals surface area contributed by atoms with Gasteiger partial charge in [0, 0.05) is 0 Å². The first-order valence-corrected chi connectivity index (χ1v) is 3.25. The number of amides is 1. The summed E-state index contributed by atoms with van der Waals surface area (Å²) in [6.45, 7) is -0.0655. The standard InChI is InChI=1S/C8H9NO2.ClH/c9-8(10)6-11-7-4-2-1-3-5-7;/h1-5H,6H2,(H2,9,10);1H. The van der Waals surface area contributed by atoms with Crippen molar-refractivity contribution in [2.75, 3.05) is 6.61 Å². The molecule has 66 valence electrons. The topological polar surface area (TPSA) is 52.3 Å². The van der Waals surface area contributed by atoms with Gasteiger partial charge in [0.25, 0.3) is 5.91 Å². The molecule has 1 aromatic rings. The fraction of sp³-hybridized carbons (Fsp3) is 0.125. The molecule has 3 nitrogen and oxygen atoms in total. The maximum Gasteiger partial charge on any atom is 0.255 e. The van der Waals surface area contributed by atoms with Crippen LogP contribution < -0.4 is 10.5 Å². The third kappa shape index (κ3) is 3.83. The van der Waals surface area contributed by atoms with Crippen molar-refractivity contribution in [1.29, 1.82) is 0 Å². The van der Waals surface area contributed by atoms with Crippen LogP contribution in [-0.2, 0) is 4.79 Å². The third-order valence-corrected chi connectivity index (χ3v) is 1.12. The minimum atomic E-state index is -0.464. The quantitative estimate of drug-likeness (QED) is 0.767. The summed E-state index contributed by atoms with van der Waals surface area (Å²) in [5.74, 6) is 0.195. The molecule has 0 heterocycles. The van der Waals surface area contributed by atoms with Crippen molar-refractivity contribution in [3.8, 4) is 5.75 Å². The minimum absolute atomic E-state index is 0. The van der Waals surface area contributed by atoms with Gasteiger partial charge in [-0.15, -0.1) is 12.4 Å². The first-order chi connectivity index (χ1) is 5.29. The second kappa shape index (κ2) is 5.43. The second-order valence-corrected chi connectivity index (χ2v) is 2.07. The van der Waals surface area contributed by atoms with Crippen molar-refractivity contribution in [3.63, 3.8) is 0 Å². The highest BCUT2D eigenvalue weighted by Gasteiger charge is 1.94. The number of hydrogen-bond acceptors (Lipinski definition) is 2. The van der Waals surface area contributed by atoms with Gasteiger partial charge in [-0.25, -0.2) is 0 Å². The molecule has 2 N–H and O–H groups in total. The van der Waals surface area contributed by atoms with Gasteiger partial charge >= 0.3 is 0 Å². The maximum absolute atomic E-state index is 10.3. The molecule has 0 aliphatic rings. The van der Waals surface area contributed by atoms with Crippen LogP contribution in [0.15, 0.2) is 30.3 Å². The monoisotopic (exact) mass is 187 g/mol. The van der Waals surface area contributed by atoms with Crippen molar-refractivity contribution >= 4 is 18.3 Å².